The minimum Gasteiger partial charge on any atom is -0.394 e. The molecule has 0 saturated carbocycles. The zero-order chi connectivity index (χ0) is 37.3. The van der Waals surface area contributed by atoms with Gasteiger partial charge in [0.2, 0.25) is 0 Å². The summed E-state index contributed by atoms with van der Waals surface area (Å²) in [6.45, 7) is 3.78. The lowest BCUT2D eigenvalue weighted by Crippen LogP contribution is -2.58. The third-order valence-electron chi connectivity index (χ3n) is 10.4. The summed E-state index contributed by atoms with van der Waals surface area (Å²) in [7, 11) is 0. The fourth-order valence-corrected chi connectivity index (χ4v) is 7.17. The van der Waals surface area contributed by atoms with Gasteiger partial charge >= 0.3 is 0 Å². The zero-order valence-corrected chi connectivity index (χ0v) is 33.0. The Balaban J connectivity index is 2.57. The van der Waals surface area contributed by atoms with E-state index < -0.39 is 24.2 Å². The van der Waals surface area contributed by atoms with Crippen LogP contribution in [0, 0.1) is 0 Å². The number of benzene rings is 1. The Morgan fingerprint density at radius 1 is 0.529 bits per heavy atom. The predicted octanol–water partition coefficient (Wildman–Crippen LogP) is 11.9. The highest BCUT2D eigenvalue weighted by atomic mass is 16.4. The van der Waals surface area contributed by atoms with Crippen molar-refractivity contribution in [3.8, 4) is 0 Å². The minimum atomic E-state index is -1.88. The van der Waals surface area contributed by atoms with Gasteiger partial charge in [-0.2, -0.15) is 0 Å². The number of ketones is 2. The molecule has 0 aliphatic carbocycles. The number of aliphatic hydroxyl groups is 3. The summed E-state index contributed by atoms with van der Waals surface area (Å²) in [4.78, 5) is 28.1. The van der Waals surface area contributed by atoms with Gasteiger partial charge < -0.3 is 15.3 Å². The number of hydrogen-bond acceptors (Lipinski definition) is 5. The Kier molecular flexibility index (Phi) is 30.0. The van der Waals surface area contributed by atoms with E-state index in [2.05, 4.69) is 38.2 Å². The number of carbonyl (C=O) groups excluding carboxylic acids is 2. The van der Waals surface area contributed by atoms with Crippen LogP contribution in [0.1, 0.15) is 199 Å². The number of Topliss-reactive ketones (excluding diaryl/α,β-unsaturated/α-hetero) is 2. The first-order valence-corrected chi connectivity index (χ1v) is 21.4. The SMILES string of the molecule is CCCCCCCCC=CCCCCCCCC(=O)C(C(=O)CCCCCCCC=CCCCCCCCC)(c1ccccc1)C(O)C(O)CO. The van der Waals surface area contributed by atoms with E-state index in [0.717, 1.165) is 64.2 Å². The first kappa shape index (κ1) is 46.9. The molecule has 0 spiro atoms. The molecule has 5 nitrogen and oxygen atoms in total. The molecule has 0 saturated heterocycles. The lowest BCUT2D eigenvalue weighted by molar-refractivity contribution is -0.147. The molecular weight excluding hydrogens is 633 g/mol. The van der Waals surface area contributed by atoms with E-state index in [1.807, 2.05) is 6.07 Å². The molecule has 292 valence electrons. The Hall–Kier alpha value is -2.08. The Bertz CT molecular complexity index is 964. The maximum absolute atomic E-state index is 14.1. The van der Waals surface area contributed by atoms with Crippen LogP contribution in [-0.4, -0.2) is 45.7 Å². The van der Waals surface area contributed by atoms with Crippen LogP contribution in [0.5, 0.6) is 0 Å². The highest BCUT2D eigenvalue weighted by Gasteiger charge is 2.53. The van der Waals surface area contributed by atoms with E-state index in [4.69, 9.17) is 0 Å². The van der Waals surface area contributed by atoms with Crippen LogP contribution in [0.2, 0.25) is 0 Å². The van der Waals surface area contributed by atoms with Crippen LogP contribution < -0.4 is 0 Å². The molecule has 51 heavy (non-hydrogen) atoms. The fraction of sp³-hybridized carbons (Fsp3) is 0.739. The summed E-state index contributed by atoms with van der Waals surface area (Å²) in [6, 6.07) is 8.72. The molecule has 2 atom stereocenters. The second-order valence-corrected chi connectivity index (χ2v) is 14.9. The monoisotopic (exact) mass is 711 g/mol. The first-order valence-electron chi connectivity index (χ1n) is 21.4. The molecule has 0 aliphatic heterocycles. The van der Waals surface area contributed by atoms with Crippen molar-refractivity contribution in [3.63, 3.8) is 0 Å². The van der Waals surface area contributed by atoms with Gasteiger partial charge in [-0.15, -0.1) is 0 Å². The van der Waals surface area contributed by atoms with E-state index >= 15 is 0 Å². The van der Waals surface area contributed by atoms with Crippen LogP contribution in [0.15, 0.2) is 54.6 Å². The molecule has 0 fully saturated rings. The van der Waals surface area contributed by atoms with E-state index in [0.29, 0.717) is 18.4 Å². The summed E-state index contributed by atoms with van der Waals surface area (Å²) in [5.41, 5.74) is -1.48. The molecular formula is C46H78O5. The Morgan fingerprint density at radius 3 is 1.22 bits per heavy atom. The van der Waals surface area contributed by atoms with Crippen molar-refractivity contribution in [3.05, 3.63) is 60.2 Å². The maximum atomic E-state index is 14.1. The molecule has 1 aromatic carbocycles. The smallest absolute Gasteiger partial charge is 0.153 e. The van der Waals surface area contributed by atoms with Gasteiger partial charge in [-0.3, -0.25) is 9.59 Å². The summed E-state index contributed by atoms with van der Waals surface area (Å²) in [6.07, 6.45) is 36.2. The number of aliphatic hydroxyl groups excluding tert-OH is 3. The normalized spacial score (nSPS) is 14.3. The molecule has 0 heterocycles. The molecule has 0 aliphatic rings. The van der Waals surface area contributed by atoms with Crippen molar-refractivity contribution in [2.24, 2.45) is 0 Å². The number of hydrogen-bond donors (Lipinski definition) is 3. The third kappa shape index (κ3) is 20.7. The van der Waals surface area contributed by atoms with E-state index in [-0.39, 0.29) is 24.4 Å². The maximum Gasteiger partial charge on any atom is 0.153 e. The molecule has 0 aromatic heterocycles. The highest BCUT2D eigenvalue weighted by Crippen LogP contribution is 2.36. The van der Waals surface area contributed by atoms with Crippen molar-refractivity contribution in [1.29, 1.82) is 0 Å². The number of allylic oxidation sites excluding steroid dienone is 4. The molecule has 1 rings (SSSR count). The number of rotatable bonds is 36. The fourth-order valence-electron chi connectivity index (χ4n) is 7.17. The van der Waals surface area contributed by atoms with Crippen LogP contribution in [-0.2, 0) is 15.0 Å². The van der Waals surface area contributed by atoms with Crippen LogP contribution >= 0.6 is 0 Å². The molecule has 0 radical (unpaired) electrons. The first-order chi connectivity index (χ1) is 25.0. The van der Waals surface area contributed by atoms with Crippen molar-refractivity contribution < 1.29 is 24.9 Å². The van der Waals surface area contributed by atoms with Gasteiger partial charge in [0, 0.05) is 12.8 Å². The van der Waals surface area contributed by atoms with Crippen molar-refractivity contribution >= 4 is 11.6 Å². The van der Waals surface area contributed by atoms with E-state index in [1.54, 1.807) is 24.3 Å². The number of carbonyl (C=O) groups is 2. The van der Waals surface area contributed by atoms with Crippen molar-refractivity contribution in [1.82, 2.24) is 0 Å². The van der Waals surface area contributed by atoms with Gasteiger partial charge in [0.25, 0.3) is 0 Å². The standard InChI is InChI=1S/C46H78O5/c1-3-5-7-9-11-13-15-17-19-21-23-25-27-29-34-38-43(49)46(45(51)42(48)40-47,41-36-32-31-33-37-41)44(50)39-35-30-28-26-24-22-20-18-16-14-12-10-8-6-4-2/h17-20,31-33,36-37,42,45,47-48,51H,3-16,21-30,34-35,38-40H2,1-2H3. The van der Waals surface area contributed by atoms with E-state index in [1.165, 1.54) is 89.9 Å². The second-order valence-electron chi connectivity index (χ2n) is 14.9. The van der Waals surface area contributed by atoms with Crippen LogP contribution in [0.4, 0.5) is 0 Å². The molecule has 1 aromatic rings. The van der Waals surface area contributed by atoms with Gasteiger partial charge in [-0.25, -0.2) is 0 Å². The minimum absolute atomic E-state index is 0.153. The van der Waals surface area contributed by atoms with Crippen LogP contribution in [0.25, 0.3) is 0 Å². The summed E-state index contributed by atoms with van der Waals surface area (Å²) in [5, 5.41) is 31.8. The Labute approximate surface area is 313 Å². The lowest BCUT2D eigenvalue weighted by atomic mass is 9.65. The Morgan fingerprint density at radius 2 is 0.863 bits per heavy atom. The topological polar surface area (TPSA) is 94.8 Å². The van der Waals surface area contributed by atoms with E-state index in [9.17, 15) is 24.9 Å². The third-order valence-corrected chi connectivity index (χ3v) is 10.4. The van der Waals surface area contributed by atoms with Gasteiger partial charge in [0.05, 0.1) is 6.61 Å². The average molecular weight is 711 g/mol. The number of unbranched alkanes of at least 4 members (excludes halogenated alkanes) is 22. The van der Waals surface area contributed by atoms with Crippen molar-refractivity contribution in [2.45, 2.75) is 211 Å². The summed E-state index contributed by atoms with van der Waals surface area (Å²) in [5.74, 6) is -0.715. The van der Waals surface area contributed by atoms with Gasteiger partial charge in [0.15, 0.2) is 11.6 Å². The van der Waals surface area contributed by atoms with Gasteiger partial charge in [-0.05, 0) is 69.8 Å². The molecule has 3 N–H and O–H groups in total. The van der Waals surface area contributed by atoms with Crippen LogP contribution in [0.3, 0.4) is 0 Å². The molecule has 5 heteroatoms. The summed E-state index contributed by atoms with van der Waals surface area (Å²) < 4.78 is 0. The zero-order valence-electron chi connectivity index (χ0n) is 33.0. The quantitative estimate of drug-likeness (QED) is 0.0366. The van der Waals surface area contributed by atoms with Crippen molar-refractivity contribution in [2.75, 3.05) is 6.61 Å². The summed E-state index contributed by atoms with van der Waals surface area (Å²) >= 11 is 0. The molecule has 0 bridgehead atoms. The average Bonchev–Trinajstić information content (AvgIpc) is 3.15. The van der Waals surface area contributed by atoms with Gasteiger partial charge in [0.1, 0.15) is 17.6 Å². The lowest BCUT2D eigenvalue weighted by Gasteiger charge is -2.38. The molecule has 2 unspecified atom stereocenters. The van der Waals surface area contributed by atoms with Gasteiger partial charge in [-0.1, -0.05) is 171 Å². The predicted molar refractivity (Wildman–Crippen MR) is 216 cm³/mol. The second kappa shape index (κ2) is 32.6. The highest BCUT2D eigenvalue weighted by molar-refractivity contribution is 6.13. The largest absolute Gasteiger partial charge is 0.394 e. The molecule has 0 amide bonds.